The van der Waals surface area contributed by atoms with Crippen molar-refractivity contribution in [1.82, 2.24) is 24.9 Å². The molecule has 0 radical (unpaired) electrons. The van der Waals surface area contributed by atoms with Gasteiger partial charge in [0.05, 0.1) is 0 Å². The molecule has 3 heterocycles. The van der Waals surface area contributed by atoms with E-state index in [2.05, 4.69) is 25.7 Å². The van der Waals surface area contributed by atoms with Crippen LogP contribution in [0.3, 0.4) is 0 Å². The van der Waals surface area contributed by atoms with Crippen LogP contribution in [-0.2, 0) is 0 Å². The van der Waals surface area contributed by atoms with Gasteiger partial charge < -0.3 is 10.6 Å². The maximum Gasteiger partial charge on any atom is 0.254 e. The van der Waals surface area contributed by atoms with E-state index in [0.29, 0.717) is 11.8 Å². The van der Waals surface area contributed by atoms with E-state index < -0.39 is 0 Å². The van der Waals surface area contributed by atoms with Gasteiger partial charge in [-0.1, -0.05) is 0 Å². The van der Waals surface area contributed by atoms with Crippen molar-refractivity contribution in [2.45, 2.75) is 25.8 Å². The van der Waals surface area contributed by atoms with E-state index in [0.717, 1.165) is 37.4 Å². The molecular formula is C11H16N6. The molecule has 1 fully saturated rings. The quantitative estimate of drug-likeness (QED) is 0.793. The third kappa shape index (κ3) is 2.08. The van der Waals surface area contributed by atoms with Gasteiger partial charge in [0, 0.05) is 17.8 Å². The minimum absolute atomic E-state index is 0.505. The summed E-state index contributed by atoms with van der Waals surface area (Å²) in [6.45, 7) is 4.12. The van der Waals surface area contributed by atoms with Crippen molar-refractivity contribution < 1.29 is 0 Å². The molecule has 3 rings (SSSR count). The van der Waals surface area contributed by atoms with E-state index in [-0.39, 0.29) is 0 Å². The maximum absolute atomic E-state index is 4.33. The predicted molar refractivity (Wildman–Crippen MR) is 65.0 cm³/mol. The molecule has 6 heteroatoms. The zero-order chi connectivity index (χ0) is 11.7. The van der Waals surface area contributed by atoms with E-state index in [1.807, 2.05) is 13.0 Å². The average Bonchev–Trinajstić information content (AvgIpc) is 2.78. The Morgan fingerprint density at radius 1 is 1.41 bits per heavy atom. The van der Waals surface area contributed by atoms with E-state index >= 15 is 0 Å². The van der Waals surface area contributed by atoms with Crippen LogP contribution in [0.4, 0.5) is 5.82 Å². The first-order valence-corrected chi connectivity index (χ1v) is 5.97. The smallest absolute Gasteiger partial charge is 0.254 e. The Morgan fingerprint density at radius 2 is 2.24 bits per heavy atom. The van der Waals surface area contributed by atoms with Crippen molar-refractivity contribution in [2.75, 3.05) is 18.4 Å². The number of piperidine rings is 1. The van der Waals surface area contributed by atoms with Gasteiger partial charge in [-0.3, -0.25) is 0 Å². The summed E-state index contributed by atoms with van der Waals surface area (Å²) in [4.78, 5) is 8.45. The van der Waals surface area contributed by atoms with Gasteiger partial charge in [0.25, 0.3) is 5.78 Å². The Morgan fingerprint density at radius 3 is 3.06 bits per heavy atom. The van der Waals surface area contributed by atoms with Crippen LogP contribution >= 0.6 is 0 Å². The summed E-state index contributed by atoms with van der Waals surface area (Å²) in [5.41, 5.74) is 0.960. The van der Waals surface area contributed by atoms with Crippen molar-refractivity contribution in [3.8, 4) is 0 Å². The molecule has 0 aliphatic carbocycles. The van der Waals surface area contributed by atoms with Crippen molar-refractivity contribution in [1.29, 1.82) is 0 Å². The maximum atomic E-state index is 4.33. The Balaban J connectivity index is 1.90. The lowest BCUT2D eigenvalue weighted by Gasteiger charge is -2.24. The summed E-state index contributed by atoms with van der Waals surface area (Å²) in [6, 6.07) is 2.52. The molecule has 0 amide bonds. The second kappa shape index (κ2) is 4.29. The molecule has 1 aliphatic heterocycles. The zero-order valence-electron chi connectivity index (χ0n) is 9.85. The summed E-state index contributed by atoms with van der Waals surface area (Å²) < 4.78 is 1.76. The van der Waals surface area contributed by atoms with Crippen LogP contribution in [0.25, 0.3) is 5.78 Å². The van der Waals surface area contributed by atoms with Crippen LogP contribution in [-0.4, -0.2) is 38.7 Å². The van der Waals surface area contributed by atoms with Crippen LogP contribution in [0.15, 0.2) is 12.4 Å². The highest BCUT2D eigenvalue weighted by Crippen LogP contribution is 2.14. The number of rotatable bonds is 2. The van der Waals surface area contributed by atoms with Crippen molar-refractivity contribution in [3.05, 3.63) is 18.1 Å². The Bertz CT molecular complexity index is 514. The number of hydrogen-bond acceptors (Lipinski definition) is 5. The second-order valence-corrected chi connectivity index (χ2v) is 4.42. The summed E-state index contributed by atoms with van der Waals surface area (Å²) in [5.74, 6) is 1.64. The Labute approximate surface area is 99.5 Å². The van der Waals surface area contributed by atoms with Gasteiger partial charge in [-0.25, -0.2) is 4.98 Å². The molecule has 0 aromatic carbocycles. The molecule has 0 atom stereocenters. The predicted octanol–water partition coefficient (Wildman–Crippen LogP) is 0.597. The van der Waals surface area contributed by atoms with E-state index in [9.17, 15) is 0 Å². The first-order valence-electron chi connectivity index (χ1n) is 5.97. The van der Waals surface area contributed by atoms with Crippen LogP contribution < -0.4 is 10.6 Å². The molecule has 0 bridgehead atoms. The number of anilines is 1. The van der Waals surface area contributed by atoms with Gasteiger partial charge in [-0.15, -0.1) is 0 Å². The van der Waals surface area contributed by atoms with Crippen LogP contribution in [0.5, 0.6) is 0 Å². The van der Waals surface area contributed by atoms with Gasteiger partial charge in [-0.05, 0) is 32.9 Å². The number of aromatic nitrogens is 4. The molecule has 1 aliphatic rings. The van der Waals surface area contributed by atoms with Gasteiger partial charge in [-0.2, -0.15) is 14.6 Å². The van der Waals surface area contributed by atoms with Crippen LogP contribution in [0, 0.1) is 6.92 Å². The van der Waals surface area contributed by atoms with Crippen molar-refractivity contribution in [3.63, 3.8) is 0 Å². The largest absolute Gasteiger partial charge is 0.367 e. The Kier molecular flexibility index (Phi) is 2.64. The summed E-state index contributed by atoms with van der Waals surface area (Å²) in [5, 5.41) is 11.1. The molecule has 2 aromatic rings. The molecular weight excluding hydrogens is 216 g/mol. The number of nitrogens with zero attached hydrogens (tertiary/aromatic N) is 4. The monoisotopic (exact) mass is 232 g/mol. The highest BCUT2D eigenvalue weighted by molar-refractivity contribution is 5.45. The lowest BCUT2D eigenvalue weighted by atomic mass is 10.1. The van der Waals surface area contributed by atoms with Crippen molar-refractivity contribution >= 4 is 11.6 Å². The van der Waals surface area contributed by atoms with E-state index in [1.54, 1.807) is 4.52 Å². The molecule has 1 saturated heterocycles. The SMILES string of the molecule is Cc1cc(NC2CCNCC2)n2ncnc2n1. The average molecular weight is 232 g/mol. The van der Waals surface area contributed by atoms with Gasteiger partial charge in [0.15, 0.2) is 0 Å². The number of nitrogens with one attached hydrogen (secondary N) is 2. The third-order valence-corrected chi connectivity index (χ3v) is 3.07. The van der Waals surface area contributed by atoms with E-state index in [1.165, 1.54) is 6.33 Å². The molecule has 6 nitrogen and oxygen atoms in total. The fourth-order valence-electron chi connectivity index (χ4n) is 2.21. The normalized spacial score (nSPS) is 17.5. The zero-order valence-corrected chi connectivity index (χ0v) is 9.85. The molecule has 2 N–H and O–H groups in total. The second-order valence-electron chi connectivity index (χ2n) is 4.42. The summed E-state index contributed by atoms with van der Waals surface area (Å²) in [6.07, 6.45) is 3.81. The fraction of sp³-hybridized carbons (Fsp3) is 0.545. The standard InChI is InChI=1S/C11H16N6/c1-8-6-10(16-9-2-4-12-5-3-9)17-11(15-8)13-7-14-17/h6-7,9,12,16H,2-5H2,1H3. The summed E-state index contributed by atoms with van der Waals surface area (Å²) >= 11 is 0. The van der Waals surface area contributed by atoms with Crippen LogP contribution in [0.1, 0.15) is 18.5 Å². The molecule has 0 unspecified atom stereocenters. The Hall–Kier alpha value is -1.69. The van der Waals surface area contributed by atoms with Crippen LogP contribution in [0.2, 0.25) is 0 Å². The van der Waals surface area contributed by atoms with E-state index in [4.69, 9.17) is 0 Å². The lowest BCUT2D eigenvalue weighted by Crippen LogP contribution is -2.35. The summed E-state index contributed by atoms with van der Waals surface area (Å²) in [7, 11) is 0. The first kappa shape index (κ1) is 10.5. The number of hydrogen-bond donors (Lipinski definition) is 2. The molecule has 2 aromatic heterocycles. The highest BCUT2D eigenvalue weighted by atomic mass is 15.4. The van der Waals surface area contributed by atoms with Gasteiger partial charge >= 0.3 is 0 Å². The lowest BCUT2D eigenvalue weighted by molar-refractivity contribution is 0.477. The number of fused-ring (bicyclic) bond motifs is 1. The first-order chi connectivity index (χ1) is 8.33. The fourth-order valence-corrected chi connectivity index (χ4v) is 2.21. The molecule has 17 heavy (non-hydrogen) atoms. The molecule has 90 valence electrons. The molecule has 0 saturated carbocycles. The number of aryl methyl sites for hydroxylation is 1. The topological polar surface area (TPSA) is 67.1 Å². The third-order valence-electron chi connectivity index (χ3n) is 3.07. The minimum Gasteiger partial charge on any atom is -0.367 e. The van der Waals surface area contributed by atoms with Gasteiger partial charge in [0.1, 0.15) is 12.1 Å². The highest BCUT2D eigenvalue weighted by Gasteiger charge is 2.14. The minimum atomic E-state index is 0.505. The van der Waals surface area contributed by atoms with Gasteiger partial charge in [0.2, 0.25) is 0 Å². The van der Waals surface area contributed by atoms with Crippen molar-refractivity contribution in [2.24, 2.45) is 0 Å². The molecule has 0 spiro atoms.